The van der Waals surface area contributed by atoms with Crippen molar-refractivity contribution in [2.75, 3.05) is 27.2 Å². The van der Waals surface area contributed by atoms with Crippen molar-refractivity contribution in [1.29, 1.82) is 0 Å². The molecule has 3 aromatic rings. The minimum absolute atomic E-state index is 0.0176. The van der Waals surface area contributed by atoms with Gasteiger partial charge in [0.25, 0.3) is 11.8 Å². The molecule has 1 N–H and O–H groups in total. The van der Waals surface area contributed by atoms with Crippen molar-refractivity contribution < 1.29 is 14.3 Å². The van der Waals surface area contributed by atoms with E-state index >= 15 is 0 Å². The number of rotatable bonds is 10. The van der Waals surface area contributed by atoms with Crippen LogP contribution in [0.3, 0.4) is 0 Å². The number of benzene rings is 2. The van der Waals surface area contributed by atoms with Gasteiger partial charge < -0.3 is 14.2 Å². The first-order valence-electron chi connectivity index (χ1n) is 18.2. The summed E-state index contributed by atoms with van der Waals surface area (Å²) in [6.45, 7) is 8.49. The van der Waals surface area contributed by atoms with E-state index in [2.05, 4.69) is 84.5 Å². The molecule has 1 aliphatic heterocycles. The van der Waals surface area contributed by atoms with Gasteiger partial charge in [0.1, 0.15) is 5.75 Å². The Morgan fingerprint density at radius 3 is 2.67 bits per heavy atom. The minimum Gasteiger partial charge on any atom is -0.497 e. The maximum Gasteiger partial charge on any atom is 0.261 e. The van der Waals surface area contributed by atoms with Crippen molar-refractivity contribution in [1.82, 2.24) is 14.2 Å². The van der Waals surface area contributed by atoms with Gasteiger partial charge in [0.2, 0.25) is 0 Å². The summed E-state index contributed by atoms with van der Waals surface area (Å²) < 4.78 is 11.3. The molecule has 0 bridgehead atoms. The second kappa shape index (κ2) is 13.9. The van der Waals surface area contributed by atoms with Gasteiger partial charge in [-0.25, -0.2) is 4.99 Å². The highest BCUT2D eigenvalue weighted by Gasteiger charge is 2.63. The smallest absolute Gasteiger partial charge is 0.261 e. The number of methoxy groups -OCH3 is 1. The van der Waals surface area contributed by atoms with Crippen molar-refractivity contribution in [3.8, 4) is 17.0 Å². The first kappa shape index (κ1) is 33.9. The lowest BCUT2D eigenvalue weighted by Crippen LogP contribution is -2.28. The lowest BCUT2D eigenvalue weighted by atomic mass is 9.81. The Kier molecular flexibility index (Phi) is 9.64. The van der Waals surface area contributed by atoms with Crippen LogP contribution < -0.4 is 9.46 Å². The van der Waals surface area contributed by atoms with E-state index in [1.807, 2.05) is 6.07 Å². The summed E-state index contributed by atoms with van der Waals surface area (Å²) >= 11 is 1.40. The van der Waals surface area contributed by atoms with Crippen molar-refractivity contribution >= 4 is 40.4 Å². The first-order chi connectivity index (χ1) is 23.8. The number of aliphatic imine (C=N–C) groups is 1. The summed E-state index contributed by atoms with van der Waals surface area (Å²) in [4.78, 5) is 36.3. The predicted octanol–water partition coefficient (Wildman–Crippen LogP) is 9.18. The van der Waals surface area contributed by atoms with E-state index in [4.69, 9.17) is 9.73 Å². The average Bonchev–Trinajstić information content (AvgIpc) is 3.80. The average molecular weight is 679 g/mol. The SMILES string of the molecule is CCC(CN(C)CC)=NC(=O)C12CC1c1cc(OC)ccc1-c1c(C3CCCCC3)c3ccc(C(=O)NSC4=C(C)CCC=C4)cc3n1C2. The molecular weight excluding hydrogens is 629 g/mol. The molecule has 1 aromatic heterocycles. The number of hydrogen-bond acceptors (Lipinski definition) is 5. The van der Waals surface area contributed by atoms with E-state index in [1.54, 1.807) is 7.11 Å². The molecule has 3 aliphatic carbocycles. The Morgan fingerprint density at radius 1 is 1.12 bits per heavy atom. The van der Waals surface area contributed by atoms with Crippen LogP contribution >= 0.6 is 11.9 Å². The van der Waals surface area contributed by atoms with E-state index in [-0.39, 0.29) is 17.7 Å². The molecule has 2 saturated carbocycles. The predicted molar refractivity (Wildman–Crippen MR) is 202 cm³/mol. The standard InChI is InChI=1S/C41H50N4O3S/c1-6-29(24-44(4)7-2)42-40(47)41-23-34(41)33-22-30(48-5)18-20-31(33)38-37(27-14-9-8-10-15-27)32-19-17-28(21-35(32)45(38)25-41)39(46)43-49-36-16-12-11-13-26(36)3/h12,16-22,27,34H,6-11,13-15,23-25H2,1-5H3,(H,43,46). The van der Waals surface area contributed by atoms with Crippen LogP contribution in [-0.2, 0) is 11.3 Å². The molecule has 0 saturated heterocycles. The summed E-state index contributed by atoms with van der Waals surface area (Å²) in [6.07, 6.45) is 13.9. The molecule has 0 radical (unpaired) electrons. The third kappa shape index (κ3) is 6.31. The summed E-state index contributed by atoms with van der Waals surface area (Å²) in [7, 11) is 3.78. The Morgan fingerprint density at radius 2 is 1.94 bits per heavy atom. The number of ether oxygens (including phenoxy) is 1. The van der Waals surface area contributed by atoms with Crippen molar-refractivity contribution in [2.45, 2.75) is 96.9 Å². The van der Waals surface area contributed by atoms with Crippen molar-refractivity contribution in [3.05, 3.63) is 75.7 Å². The number of allylic oxidation sites excluding steroid dienone is 3. The molecule has 2 unspecified atom stereocenters. The van der Waals surface area contributed by atoms with Gasteiger partial charge in [0.15, 0.2) is 0 Å². The molecule has 2 atom stereocenters. The van der Waals surface area contributed by atoms with Crippen LogP contribution in [-0.4, -0.2) is 54.2 Å². The fourth-order valence-corrected chi connectivity index (χ4v) is 9.12. The molecule has 2 heterocycles. The van der Waals surface area contributed by atoms with E-state index in [0.717, 1.165) is 67.0 Å². The lowest BCUT2D eigenvalue weighted by Gasteiger charge is -2.24. The molecule has 2 amide bonds. The number of nitrogens with zero attached hydrogens (tertiary/aromatic N) is 3. The minimum atomic E-state index is -0.640. The van der Waals surface area contributed by atoms with E-state index in [9.17, 15) is 9.59 Å². The maximum atomic E-state index is 14.5. The highest BCUT2D eigenvalue weighted by Crippen LogP contribution is 2.66. The summed E-state index contributed by atoms with van der Waals surface area (Å²) in [5.74, 6) is 1.18. The van der Waals surface area contributed by atoms with Crippen molar-refractivity contribution in [3.63, 3.8) is 0 Å². The summed E-state index contributed by atoms with van der Waals surface area (Å²) in [5.41, 5.74) is 8.22. The van der Waals surface area contributed by atoms with E-state index in [0.29, 0.717) is 24.6 Å². The zero-order valence-corrected chi connectivity index (χ0v) is 30.5. The number of nitrogens with one attached hydrogen (secondary N) is 1. The molecule has 258 valence electrons. The monoisotopic (exact) mass is 678 g/mol. The quantitative estimate of drug-likeness (QED) is 0.171. The largest absolute Gasteiger partial charge is 0.497 e. The van der Waals surface area contributed by atoms with Crippen LogP contribution in [0, 0.1) is 5.41 Å². The van der Waals surface area contributed by atoms with Gasteiger partial charge in [0, 0.05) is 51.7 Å². The number of amides is 2. The molecule has 7 nitrogen and oxygen atoms in total. The van der Waals surface area contributed by atoms with Gasteiger partial charge in [-0.3, -0.25) is 14.3 Å². The third-order valence-electron chi connectivity index (χ3n) is 11.5. The first-order valence-corrected chi connectivity index (χ1v) is 19.1. The van der Waals surface area contributed by atoms with Gasteiger partial charge in [-0.2, -0.15) is 0 Å². The van der Waals surface area contributed by atoms with Crippen LogP contribution in [0.25, 0.3) is 22.2 Å². The fourth-order valence-electron chi connectivity index (χ4n) is 8.36. The van der Waals surface area contributed by atoms with Crippen LogP contribution in [0.15, 0.2) is 64.0 Å². The lowest BCUT2D eigenvalue weighted by molar-refractivity contribution is -0.123. The fraction of sp³-hybridized carbons (Fsp3) is 0.488. The molecule has 7 rings (SSSR count). The Labute approximate surface area is 295 Å². The zero-order valence-electron chi connectivity index (χ0n) is 29.7. The zero-order chi connectivity index (χ0) is 34.3. The van der Waals surface area contributed by atoms with Crippen LogP contribution in [0.4, 0.5) is 0 Å². The summed E-state index contributed by atoms with van der Waals surface area (Å²) in [6, 6.07) is 12.7. The molecule has 49 heavy (non-hydrogen) atoms. The van der Waals surface area contributed by atoms with Gasteiger partial charge in [-0.1, -0.05) is 56.9 Å². The maximum absolute atomic E-state index is 14.5. The van der Waals surface area contributed by atoms with Gasteiger partial charge in [0.05, 0.1) is 18.2 Å². The van der Waals surface area contributed by atoms with Gasteiger partial charge in [-0.05, 0) is 118 Å². The third-order valence-corrected chi connectivity index (χ3v) is 12.5. The normalized spacial score (nSPS) is 22.1. The molecule has 4 aliphatic rings. The molecular formula is C41H50N4O3S. The summed E-state index contributed by atoms with van der Waals surface area (Å²) in [5, 5.41) is 1.20. The molecule has 0 spiro atoms. The van der Waals surface area contributed by atoms with E-state index in [1.165, 1.54) is 64.6 Å². The number of aromatic nitrogens is 1. The number of carbonyl (C=O) groups excluding carboxylic acids is 2. The second-order valence-electron chi connectivity index (χ2n) is 14.6. The molecule has 8 heteroatoms. The van der Waals surface area contributed by atoms with Crippen LogP contribution in [0.1, 0.15) is 112 Å². The Hall–Kier alpha value is -3.62. The molecule has 2 fully saturated rings. The number of hydrogen-bond donors (Lipinski definition) is 1. The number of fused-ring (bicyclic) bond motifs is 7. The van der Waals surface area contributed by atoms with Crippen molar-refractivity contribution in [2.24, 2.45) is 10.4 Å². The number of carbonyl (C=O) groups is 2. The van der Waals surface area contributed by atoms with Crippen LogP contribution in [0.2, 0.25) is 0 Å². The highest BCUT2D eigenvalue weighted by atomic mass is 32.2. The van der Waals surface area contributed by atoms with Gasteiger partial charge >= 0.3 is 0 Å². The highest BCUT2D eigenvalue weighted by molar-refractivity contribution is 8.02. The Balaban J connectivity index is 1.37. The second-order valence-corrected chi connectivity index (χ2v) is 15.4. The Bertz CT molecular complexity index is 1880. The molecule has 2 aromatic carbocycles. The topological polar surface area (TPSA) is 75.9 Å². The van der Waals surface area contributed by atoms with E-state index < -0.39 is 5.41 Å². The van der Waals surface area contributed by atoms with Crippen LogP contribution in [0.5, 0.6) is 5.75 Å². The van der Waals surface area contributed by atoms with Gasteiger partial charge in [-0.15, -0.1) is 0 Å².